The molecule has 0 bridgehead atoms. The Bertz CT molecular complexity index is 1590. The molecule has 208 valence electrons. The van der Waals surface area contributed by atoms with Crippen molar-refractivity contribution in [2.75, 3.05) is 33.8 Å². The number of sulfonamides is 1. The quantitative estimate of drug-likeness (QED) is 0.285. The summed E-state index contributed by atoms with van der Waals surface area (Å²) in [5.74, 6) is 0.496. The van der Waals surface area contributed by atoms with Crippen LogP contribution < -0.4 is 10.3 Å². The molecule has 0 fully saturated rings. The fraction of sp³-hybridized carbons (Fsp3) is 0.379. The molecule has 0 aliphatic heterocycles. The van der Waals surface area contributed by atoms with Crippen molar-refractivity contribution in [3.8, 4) is 17.0 Å². The van der Waals surface area contributed by atoms with E-state index in [1.165, 1.54) is 4.31 Å². The SMILES string of the molecule is CCCc1nn(C)c2c(=O)[nH]c(-c3cc(S(=O)(=O)N(CCN(C)C)Cc4ccccc4)ccc3OCC)cc12. The lowest BCUT2D eigenvalue weighted by Crippen LogP contribution is -2.36. The molecule has 0 aliphatic carbocycles. The van der Waals surface area contributed by atoms with Crippen LogP contribution in [0.3, 0.4) is 0 Å². The highest BCUT2D eigenvalue weighted by Gasteiger charge is 2.27. The Kier molecular flexibility index (Phi) is 8.89. The van der Waals surface area contributed by atoms with Crippen molar-refractivity contribution < 1.29 is 13.2 Å². The van der Waals surface area contributed by atoms with Crippen molar-refractivity contribution >= 4 is 20.9 Å². The van der Waals surface area contributed by atoms with Crippen LogP contribution in [0.15, 0.2) is 64.3 Å². The molecule has 0 radical (unpaired) electrons. The molecular formula is C29H37N5O4S. The van der Waals surface area contributed by atoms with Gasteiger partial charge in [0.15, 0.2) is 0 Å². The minimum absolute atomic E-state index is 0.136. The van der Waals surface area contributed by atoms with Crippen LogP contribution in [0.2, 0.25) is 0 Å². The maximum absolute atomic E-state index is 14.0. The molecule has 0 spiro atoms. The lowest BCUT2D eigenvalue weighted by molar-refractivity contribution is 0.329. The molecule has 1 N–H and O–H groups in total. The van der Waals surface area contributed by atoms with E-state index in [9.17, 15) is 13.2 Å². The molecule has 2 heterocycles. The number of hydrogen-bond acceptors (Lipinski definition) is 6. The Morgan fingerprint density at radius 1 is 1.03 bits per heavy atom. The van der Waals surface area contributed by atoms with E-state index in [1.807, 2.05) is 62.3 Å². The zero-order valence-electron chi connectivity index (χ0n) is 23.3. The molecular weight excluding hydrogens is 514 g/mol. The van der Waals surface area contributed by atoms with Crippen LogP contribution in [0.4, 0.5) is 0 Å². The topological polar surface area (TPSA) is 101 Å². The van der Waals surface area contributed by atoms with E-state index in [1.54, 1.807) is 29.9 Å². The second kappa shape index (κ2) is 12.1. The molecule has 2 aromatic carbocycles. The second-order valence-electron chi connectivity index (χ2n) is 9.81. The molecule has 2 aromatic heterocycles. The number of nitrogens with zero attached hydrogens (tertiary/aromatic N) is 4. The van der Waals surface area contributed by atoms with Gasteiger partial charge in [0, 0.05) is 37.6 Å². The van der Waals surface area contributed by atoms with Gasteiger partial charge in [0.25, 0.3) is 5.56 Å². The van der Waals surface area contributed by atoms with E-state index < -0.39 is 10.0 Å². The third-order valence-electron chi connectivity index (χ3n) is 6.58. The van der Waals surface area contributed by atoms with E-state index >= 15 is 0 Å². The van der Waals surface area contributed by atoms with E-state index in [0.29, 0.717) is 42.2 Å². The Hall–Kier alpha value is -3.47. The number of nitrogens with one attached hydrogen (secondary N) is 1. The van der Waals surface area contributed by atoms with Gasteiger partial charge in [-0.3, -0.25) is 9.48 Å². The number of H-pyrrole nitrogens is 1. The van der Waals surface area contributed by atoms with Crippen LogP contribution in [0, 0.1) is 0 Å². The van der Waals surface area contributed by atoms with Gasteiger partial charge in [-0.2, -0.15) is 9.40 Å². The summed E-state index contributed by atoms with van der Waals surface area (Å²) < 4.78 is 37.0. The Morgan fingerprint density at radius 3 is 2.44 bits per heavy atom. The molecule has 4 rings (SSSR count). The molecule has 9 nitrogen and oxygen atoms in total. The van der Waals surface area contributed by atoms with Gasteiger partial charge in [-0.25, -0.2) is 8.42 Å². The minimum Gasteiger partial charge on any atom is -0.493 e. The van der Waals surface area contributed by atoms with Crippen molar-refractivity contribution in [1.82, 2.24) is 24.0 Å². The summed E-state index contributed by atoms with van der Waals surface area (Å²) in [5.41, 5.74) is 2.94. The summed E-state index contributed by atoms with van der Waals surface area (Å²) in [4.78, 5) is 18.2. The third-order valence-corrected chi connectivity index (χ3v) is 8.42. The monoisotopic (exact) mass is 551 g/mol. The van der Waals surface area contributed by atoms with E-state index in [-0.39, 0.29) is 17.0 Å². The molecule has 0 amide bonds. The minimum atomic E-state index is -3.88. The number of aryl methyl sites for hydroxylation is 2. The number of aromatic amines is 1. The van der Waals surface area contributed by atoms with E-state index in [0.717, 1.165) is 29.5 Å². The number of likely N-dealkylation sites (N-methyl/N-ethyl adjacent to an activating group) is 1. The molecule has 0 saturated heterocycles. The molecule has 0 aliphatic rings. The molecule has 0 atom stereocenters. The normalized spacial score (nSPS) is 12.1. The highest BCUT2D eigenvalue weighted by atomic mass is 32.2. The van der Waals surface area contributed by atoms with Crippen LogP contribution in [-0.4, -0.2) is 66.2 Å². The number of rotatable bonds is 12. The Labute approximate surface area is 230 Å². The van der Waals surface area contributed by atoms with Crippen molar-refractivity contribution in [2.45, 2.75) is 38.1 Å². The number of benzene rings is 2. The smallest absolute Gasteiger partial charge is 0.274 e. The Morgan fingerprint density at radius 2 is 1.77 bits per heavy atom. The fourth-order valence-electron chi connectivity index (χ4n) is 4.64. The van der Waals surface area contributed by atoms with Gasteiger partial charge in [0.05, 0.1) is 22.9 Å². The highest BCUT2D eigenvalue weighted by Crippen LogP contribution is 2.34. The summed E-state index contributed by atoms with van der Waals surface area (Å²) in [7, 11) is 1.71. The fourth-order valence-corrected chi connectivity index (χ4v) is 6.08. The van der Waals surface area contributed by atoms with Gasteiger partial charge in [-0.1, -0.05) is 43.7 Å². The van der Waals surface area contributed by atoms with Gasteiger partial charge in [0.2, 0.25) is 10.0 Å². The van der Waals surface area contributed by atoms with Crippen LogP contribution in [0.1, 0.15) is 31.5 Å². The molecule has 0 saturated carbocycles. The van der Waals surface area contributed by atoms with Gasteiger partial charge in [0.1, 0.15) is 11.3 Å². The second-order valence-corrected chi connectivity index (χ2v) is 11.8. The highest BCUT2D eigenvalue weighted by molar-refractivity contribution is 7.89. The van der Waals surface area contributed by atoms with E-state index in [2.05, 4.69) is 17.0 Å². The summed E-state index contributed by atoms with van der Waals surface area (Å²) in [6, 6.07) is 16.3. The third kappa shape index (κ3) is 6.24. The zero-order chi connectivity index (χ0) is 28.2. The largest absolute Gasteiger partial charge is 0.493 e. The number of ether oxygens (including phenoxy) is 1. The first-order valence-electron chi connectivity index (χ1n) is 13.2. The molecule has 0 unspecified atom stereocenters. The Balaban J connectivity index is 1.84. The summed E-state index contributed by atoms with van der Waals surface area (Å²) in [5, 5.41) is 5.30. The zero-order valence-corrected chi connectivity index (χ0v) is 24.1. The van der Waals surface area contributed by atoms with Crippen LogP contribution in [0.5, 0.6) is 5.75 Å². The summed E-state index contributed by atoms with van der Waals surface area (Å²) in [6.45, 7) is 5.46. The maximum Gasteiger partial charge on any atom is 0.274 e. The average Bonchev–Trinajstić information content (AvgIpc) is 3.22. The molecule has 10 heteroatoms. The lowest BCUT2D eigenvalue weighted by atomic mass is 10.1. The summed E-state index contributed by atoms with van der Waals surface area (Å²) >= 11 is 0. The van der Waals surface area contributed by atoms with Crippen LogP contribution in [-0.2, 0) is 30.0 Å². The van der Waals surface area contributed by atoms with Gasteiger partial charge < -0.3 is 14.6 Å². The average molecular weight is 552 g/mol. The van der Waals surface area contributed by atoms with Gasteiger partial charge >= 0.3 is 0 Å². The van der Waals surface area contributed by atoms with Gasteiger partial charge in [-0.05, 0) is 57.3 Å². The first-order valence-corrected chi connectivity index (χ1v) is 14.6. The number of aromatic nitrogens is 3. The maximum atomic E-state index is 14.0. The van der Waals surface area contributed by atoms with Crippen molar-refractivity contribution in [3.63, 3.8) is 0 Å². The van der Waals surface area contributed by atoms with Gasteiger partial charge in [-0.15, -0.1) is 0 Å². The first-order chi connectivity index (χ1) is 18.6. The first kappa shape index (κ1) is 28.5. The van der Waals surface area contributed by atoms with Crippen molar-refractivity contribution in [1.29, 1.82) is 0 Å². The predicted molar refractivity (Wildman–Crippen MR) is 155 cm³/mol. The van der Waals surface area contributed by atoms with Crippen molar-refractivity contribution in [2.24, 2.45) is 7.05 Å². The van der Waals surface area contributed by atoms with Crippen molar-refractivity contribution in [3.05, 3.63) is 76.2 Å². The molecule has 4 aromatic rings. The van der Waals surface area contributed by atoms with Crippen LogP contribution in [0.25, 0.3) is 22.2 Å². The predicted octanol–water partition coefficient (Wildman–Crippen LogP) is 4.03. The lowest BCUT2D eigenvalue weighted by Gasteiger charge is -2.24. The number of pyridine rings is 1. The number of fused-ring (bicyclic) bond motifs is 1. The van der Waals surface area contributed by atoms with E-state index in [4.69, 9.17) is 4.74 Å². The number of hydrogen-bond donors (Lipinski definition) is 1. The summed E-state index contributed by atoms with van der Waals surface area (Å²) in [6.07, 6.45) is 1.61. The standard InChI is InChI=1S/C29H37N5O4S/c1-6-11-25-24-19-26(30-29(35)28(24)33(5)31-25)23-18-22(14-15-27(23)38-7-2)39(36,37)34(17-16-32(3)4)20-21-12-9-8-10-13-21/h8-10,12-15,18-19H,6-7,11,16-17,20H2,1-5H3,(H,30,35). The molecule has 39 heavy (non-hydrogen) atoms. The van der Waals surface area contributed by atoms with Crippen LogP contribution >= 0.6 is 0 Å².